The Balaban J connectivity index is 2.36. The molecule has 0 aliphatic heterocycles. The molecule has 1 N–H and O–H groups in total. The fraction of sp³-hybridized carbons (Fsp3) is 0.600. The molecule has 1 saturated carbocycles. The van der Waals surface area contributed by atoms with Gasteiger partial charge in [-0.1, -0.05) is 19.3 Å². The third-order valence-corrected chi connectivity index (χ3v) is 6.02. The normalized spacial score (nSPS) is 16.5. The molecule has 166 valence electrons. The SMILES string of the molecule is CC(C)(C)OC(=O)[C@@H](NC(=O)c1ccc(S(C)(=O)=O)cc1[N+](=O)[O-])C1CCCCC1. The van der Waals surface area contributed by atoms with Crippen molar-refractivity contribution in [3.05, 3.63) is 33.9 Å². The third kappa shape index (κ3) is 6.25. The lowest BCUT2D eigenvalue weighted by molar-refractivity contribution is -0.385. The van der Waals surface area contributed by atoms with Crippen LogP contribution in [0, 0.1) is 16.0 Å². The Morgan fingerprint density at radius 1 is 1.20 bits per heavy atom. The van der Waals surface area contributed by atoms with Crippen molar-refractivity contribution in [3.63, 3.8) is 0 Å². The minimum atomic E-state index is -3.69. The van der Waals surface area contributed by atoms with Gasteiger partial charge >= 0.3 is 5.97 Å². The van der Waals surface area contributed by atoms with E-state index in [1.165, 1.54) is 0 Å². The van der Waals surface area contributed by atoms with Crippen LogP contribution in [0.25, 0.3) is 0 Å². The standard InChI is InChI=1S/C20H28N2O7S/c1-20(2,3)29-19(24)17(13-8-6-5-7-9-13)21-18(23)15-11-10-14(30(4,27)28)12-16(15)22(25)26/h10-13,17H,5-9H2,1-4H3,(H,21,23)/t17-/m0/s1. The lowest BCUT2D eigenvalue weighted by atomic mass is 9.83. The lowest BCUT2D eigenvalue weighted by Gasteiger charge is -2.31. The molecule has 0 bridgehead atoms. The van der Waals surface area contributed by atoms with Gasteiger partial charge < -0.3 is 10.1 Å². The molecule has 30 heavy (non-hydrogen) atoms. The van der Waals surface area contributed by atoms with Crippen molar-refractivity contribution >= 4 is 27.4 Å². The fourth-order valence-electron chi connectivity index (χ4n) is 3.51. The molecule has 0 spiro atoms. The second kappa shape index (κ2) is 9.11. The summed E-state index contributed by atoms with van der Waals surface area (Å²) in [6, 6.07) is 2.15. The largest absolute Gasteiger partial charge is 0.458 e. The van der Waals surface area contributed by atoms with Crippen LogP contribution in [-0.4, -0.2) is 43.1 Å². The van der Waals surface area contributed by atoms with Gasteiger partial charge in [-0.3, -0.25) is 14.9 Å². The number of nitro benzene ring substituents is 1. The molecule has 1 amide bonds. The smallest absolute Gasteiger partial charge is 0.329 e. The summed E-state index contributed by atoms with van der Waals surface area (Å²) in [6.45, 7) is 5.16. The predicted molar refractivity (Wildman–Crippen MR) is 110 cm³/mol. The average molecular weight is 441 g/mol. The summed E-state index contributed by atoms with van der Waals surface area (Å²) in [5, 5.41) is 14.1. The maximum absolute atomic E-state index is 12.9. The average Bonchev–Trinajstić information content (AvgIpc) is 2.63. The van der Waals surface area contributed by atoms with Crippen molar-refractivity contribution in [2.45, 2.75) is 69.4 Å². The summed E-state index contributed by atoms with van der Waals surface area (Å²) in [4.78, 5) is 36.0. The van der Waals surface area contributed by atoms with E-state index in [2.05, 4.69) is 5.32 Å². The quantitative estimate of drug-likeness (QED) is 0.408. The summed E-state index contributed by atoms with van der Waals surface area (Å²) in [5.41, 5.74) is -1.70. The molecule has 1 aromatic carbocycles. The monoisotopic (exact) mass is 440 g/mol. The summed E-state index contributed by atoms with van der Waals surface area (Å²) in [7, 11) is -3.69. The number of sulfone groups is 1. The van der Waals surface area contributed by atoms with Crippen LogP contribution >= 0.6 is 0 Å². The zero-order chi connectivity index (χ0) is 22.7. The number of amides is 1. The number of carbonyl (C=O) groups is 2. The highest BCUT2D eigenvalue weighted by Gasteiger charge is 2.35. The van der Waals surface area contributed by atoms with E-state index in [1.807, 2.05) is 0 Å². The van der Waals surface area contributed by atoms with Gasteiger partial charge in [0.05, 0.1) is 9.82 Å². The number of esters is 1. The van der Waals surface area contributed by atoms with Crippen LogP contribution in [0.15, 0.2) is 23.1 Å². The Kier molecular flexibility index (Phi) is 7.23. The van der Waals surface area contributed by atoms with Gasteiger partial charge in [-0.25, -0.2) is 13.2 Å². The first-order valence-corrected chi connectivity index (χ1v) is 11.7. The second-order valence-corrected chi connectivity index (χ2v) is 10.6. The minimum Gasteiger partial charge on any atom is -0.458 e. The van der Waals surface area contributed by atoms with E-state index in [0.29, 0.717) is 0 Å². The van der Waals surface area contributed by atoms with E-state index in [-0.39, 0.29) is 16.4 Å². The molecule has 2 rings (SSSR count). The van der Waals surface area contributed by atoms with Crippen LogP contribution in [-0.2, 0) is 19.4 Å². The molecule has 1 aromatic rings. The highest BCUT2D eigenvalue weighted by Crippen LogP contribution is 2.29. The van der Waals surface area contributed by atoms with E-state index < -0.39 is 44.0 Å². The van der Waals surface area contributed by atoms with Crippen LogP contribution in [0.2, 0.25) is 0 Å². The highest BCUT2D eigenvalue weighted by molar-refractivity contribution is 7.90. The van der Waals surface area contributed by atoms with Gasteiger partial charge in [0.15, 0.2) is 9.84 Å². The van der Waals surface area contributed by atoms with Gasteiger partial charge in [0.25, 0.3) is 11.6 Å². The molecule has 9 nitrogen and oxygen atoms in total. The number of hydrogen-bond donors (Lipinski definition) is 1. The number of carbonyl (C=O) groups excluding carboxylic acids is 2. The number of nitrogens with one attached hydrogen (secondary N) is 1. The van der Waals surface area contributed by atoms with E-state index in [4.69, 9.17) is 4.74 Å². The first-order chi connectivity index (χ1) is 13.8. The van der Waals surface area contributed by atoms with Crippen molar-refractivity contribution in [1.82, 2.24) is 5.32 Å². The zero-order valence-electron chi connectivity index (χ0n) is 17.6. The van der Waals surface area contributed by atoms with Gasteiger partial charge in [-0.15, -0.1) is 0 Å². The zero-order valence-corrected chi connectivity index (χ0v) is 18.5. The fourth-order valence-corrected chi connectivity index (χ4v) is 4.15. The van der Waals surface area contributed by atoms with Gasteiger partial charge in [-0.2, -0.15) is 0 Å². The molecular weight excluding hydrogens is 412 g/mol. The second-order valence-electron chi connectivity index (χ2n) is 8.59. The van der Waals surface area contributed by atoms with Crippen LogP contribution in [0.4, 0.5) is 5.69 Å². The highest BCUT2D eigenvalue weighted by atomic mass is 32.2. The van der Waals surface area contributed by atoms with Gasteiger partial charge in [-0.05, 0) is 51.7 Å². The van der Waals surface area contributed by atoms with Crippen LogP contribution in [0.1, 0.15) is 63.2 Å². The molecule has 0 radical (unpaired) electrons. The van der Waals surface area contributed by atoms with Gasteiger partial charge in [0, 0.05) is 12.3 Å². The van der Waals surface area contributed by atoms with Gasteiger partial charge in [0.1, 0.15) is 17.2 Å². The Labute approximate surface area is 176 Å². The van der Waals surface area contributed by atoms with E-state index in [0.717, 1.165) is 56.6 Å². The number of ether oxygens (including phenoxy) is 1. The number of rotatable bonds is 6. The van der Waals surface area contributed by atoms with E-state index in [1.54, 1.807) is 20.8 Å². The van der Waals surface area contributed by atoms with Crippen LogP contribution < -0.4 is 5.32 Å². The Hall–Kier alpha value is -2.49. The van der Waals surface area contributed by atoms with Crippen molar-refractivity contribution in [2.24, 2.45) is 5.92 Å². The van der Waals surface area contributed by atoms with Gasteiger partial charge in [0.2, 0.25) is 0 Å². The Morgan fingerprint density at radius 2 is 1.80 bits per heavy atom. The van der Waals surface area contributed by atoms with Crippen molar-refractivity contribution in [1.29, 1.82) is 0 Å². The summed E-state index contributed by atoms with van der Waals surface area (Å²) in [6.07, 6.45) is 5.28. The third-order valence-electron chi connectivity index (χ3n) is 4.91. The number of benzene rings is 1. The maximum Gasteiger partial charge on any atom is 0.329 e. The lowest BCUT2D eigenvalue weighted by Crippen LogP contribution is -2.49. The maximum atomic E-state index is 12.9. The number of nitrogens with zero attached hydrogens (tertiary/aromatic N) is 1. The molecule has 0 aromatic heterocycles. The molecule has 1 aliphatic rings. The predicted octanol–water partition coefficient (Wildman–Crippen LogP) is 3.02. The Morgan fingerprint density at radius 3 is 2.30 bits per heavy atom. The van der Waals surface area contributed by atoms with Crippen LogP contribution in [0.3, 0.4) is 0 Å². The van der Waals surface area contributed by atoms with E-state index >= 15 is 0 Å². The molecule has 1 aliphatic carbocycles. The van der Waals surface area contributed by atoms with Crippen molar-refractivity contribution in [2.75, 3.05) is 6.26 Å². The topological polar surface area (TPSA) is 133 Å². The molecule has 0 heterocycles. The molecule has 0 saturated heterocycles. The minimum absolute atomic E-state index is 0.133. The molecule has 10 heteroatoms. The molecule has 1 fully saturated rings. The summed E-state index contributed by atoms with van der Waals surface area (Å²) >= 11 is 0. The molecule has 1 atom stereocenters. The molecular formula is C20H28N2O7S. The first-order valence-electron chi connectivity index (χ1n) is 9.82. The summed E-state index contributed by atoms with van der Waals surface area (Å²) in [5.74, 6) is -1.53. The molecule has 0 unspecified atom stereocenters. The van der Waals surface area contributed by atoms with Crippen LogP contribution in [0.5, 0.6) is 0 Å². The first kappa shape index (κ1) is 23.8. The van der Waals surface area contributed by atoms with Crippen molar-refractivity contribution in [3.8, 4) is 0 Å². The van der Waals surface area contributed by atoms with Crippen molar-refractivity contribution < 1.29 is 27.7 Å². The number of hydrogen-bond acceptors (Lipinski definition) is 7. The van der Waals surface area contributed by atoms with E-state index in [9.17, 15) is 28.1 Å². The summed E-state index contributed by atoms with van der Waals surface area (Å²) < 4.78 is 28.9. The number of nitro groups is 1. The Bertz CT molecular complexity index is 929.